The van der Waals surface area contributed by atoms with E-state index >= 15 is 0 Å². The third-order valence-corrected chi connectivity index (χ3v) is 2.29. The SMILES string of the molecule is CO[C@H]1CN(CCCN)C[C@H]1O. The molecule has 1 aliphatic rings. The molecule has 1 heterocycles. The van der Waals surface area contributed by atoms with E-state index < -0.39 is 0 Å². The predicted octanol–water partition coefficient (Wildman–Crippen LogP) is -0.973. The van der Waals surface area contributed by atoms with E-state index in [4.69, 9.17) is 10.5 Å². The lowest BCUT2D eigenvalue weighted by Crippen LogP contribution is -2.25. The fourth-order valence-corrected chi connectivity index (χ4v) is 1.56. The Morgan fingerprint density at radius 2 is 2.33 bits per heavy atom. The molecule has 1 saturated heterocycles. The molecule has 0 aliphatic carbocycles. The Balaban J connectivity index is 2.23. The molecule has 0 aromatic rings. The monoisotopic (exact) mass is 174 g/mol. The maximum atomic E-state index is 9.46. The van der Waals surface area contributed by atoms with Crippen LogP contribution in [0, 0.1) is 0 Å². The number of likely N-dealkylation sites (tertiary alicyclic amines) is 1. The van der Waals surface area contributed by atoms with E-state index in [1.807, 2.05) is 0 Å². The van der Waals surface area contributed by atoms with Gasteiger partial charge in [0.15, 0.2) is 0 Å². The number of aliphatic hydroxyl groups is 1. The summed E-state index contributed by atoms with van der Waals surface area (Å²) in [5.41, 5.74) is 5.39. The minimum Gasteiger partial charge on any atom is -0.389 e. The minimum atomic E-state index is -0.326. The Labute approximate surface area is 73.3 Å². The van der Waals surface area contributed by atoms with Gasteiger partial charge in [0, 0.05) is 20.2 Å². The average Bonchev–Trinajstić information content (AvgIpc) is 2.43. The van der Waals surface area contributed by atoms with Crippen LogP contribution in [0.5, 0.6) is 0 Å². The van der Waals surface area contributed by atoms with Gasteiger partial charge in [-0.3, -0.25) is 4.90 Å². The molecule has 72 valence electrons. The Morgan fingerprint density at radius 3 is 2.83 bits per heavy atom. The van der Waals surface area contributed by atoms with Gasteiger partial charge in [0.05, 0.1) is 12.2 Å². The van der Waals surface area contributed by atoms with Crippen molar-refractivity contribution in [1.82, 2.24) is 4.90 Å². The van der Waals surface area contributed by atoms with Crippen LogP contribution in [-0.2, 0) is 4.74 Å². The first-order valence-corrected chi connectivity index (χ1v) is 4.41. The fraction of sp³-hybridized carbons (Fsp3) is 1.00. The summed E-state index contributed by atoms with van der Waals surface area (Å²) in [6, 6.07) is 0. The molecule has 0 saturated carbocycles. The summed E-state index contributed by atoms with van der Waals surface area (Å²) < 4.78 is 5.11. The van der Waals surface area contributed by atoms with Crippen molar-refractivity contribution < 1.29 is 9.84 Å². The number of nitrogens with two attached hydrogens (primary N) is 1. The van der Waals surface area contributed by atoms with Gasteiger partial charge in [0.2, 0.25) is 0 Å². The van der Waals surface area contributed by atoms with Crippen LogP contribution in [0.4, 0.5) is 0 Å². The number of rotatable bonds is 4. The number of nitrogens with zero attached hydrogens (tertiary/aromatic N) is 1. The second kappa shape index (κ2) is 4.77. The second-order valence-corrected chi connectivity index (χ2v) is 3.24. The number of aliphatic hydroxyl groups excluding tert-OH is 1. The molecule has 2 atom stereocenters. The smallest absolute Gasteiger partial charge is 0.0969 e. The number of hydrogen-bond donors (Lipinski definition) is 2. The third kappa shape index (κ3) is 2.42. The molecule has 1 aliphatic heterocycles. The van der Waals surface area contributed by atoms with Crippen LogP contribution in [-0.4, -0.2) is 55.5 Å². The second-order valence-electron chi connectivity index (χ2n) is 3.24. The topological polar surface area (TPSA) is 58.7 Å². The van der Waals surface area contributed by atoms with Crippen molar-refractivity contribution in [3.8, 4) is 0 Å². The van der Waals surface area contributed by atoms with Crippen LogP contribution in [0.25, 0.3) is 0 Å². The van der Waals surface area contributed by atoms with Gasteiger partial charge in [-0.25, -0.2) is 0 Å². The van der Waals surface area contributed by atoms with Gasteiger partial charge in [-0.2, -0.15) is 0 Å². The summed E-state index contributed by atoms with van der Waals surface area (Å²) in [7, 11) is 1.64. The van der Waals surface area contributed by atoms with Gasteiger partial charge in [0.25, 0.3) is 0 Å². The Morgan fingerprint density at radius 1 is 1.58 bits per heavy atom. The predicted molar refractivity (Wildman–Crippen MR) is 46.9 cm³/mol. The Hall–Kier alpha value is -0.160. The standard InChI is InChI=1S/C8H18N2O2/c1-12-8-6-10(4-2-3-9)5-7(8)11/h7-8,11H,2-6,9H2,1H3/t7-,8+/m1/s1. The van der Waals surface area contributed by atoms with E-state index in [1.54, 1.807) is 7.11 Å². The summed E-state index contributed by atoms with van der Waals surface area (Å²) >= 11 is 0. The molecule has 0 bridgehead atoms. The molecule has 3 N–H and O–H groups in total. The zero-order chi connectivity index (χ0) is 8.97. The van der Waals surface area contributed by atoms with E-state index in [9.17, 15) is 5.11 Å². The zero-order valence-corrected chi connectivity index (χ0v) is 7.57. The van der Waals surface area contributed by atoms with Crippen LogP contribution in [0.3, 0.4) is 0 Å². The van der Waals surface area contributed by atoms with Crippen LogP contribution in [0.2, 0.25) is 0 Å². The summed E-state index contributed by atoms with van der Waals surface area (Å²) in [5, 5.41) is 9.46. The van der Waals surface area contributed by atoms with Crippen LogP contribution >= 0.6 is 0 Å². The van der Waals surface area contributed by atoms with Crippen LogP contribution in [0.1, 0.15) is 6.42 Å². The highest BCUT2D eigenvalue weighted by Gasteiger charge is 2.30. The number of ether oxygens (including phenoxy) is 1. The number of β-amino-alcohol motifs (C(OH)–C–C–N with tert-alkyl or cyclic N) is 1. The normalized spacial score (nSPS) is 31.2. The third-order valence-electron chi connectivity index (χ3n) is 2.29. The molecule has 1 fully saturated rings. The first-order chi connectivity index (χ1) is 5.77. The first kappa shape index (κ1) is 9.92. The van der Waals surface area contributed by atoms with Crippen molar-refractivity contribution in [2.75, 3.05) is 33.3 Å². The highest BCUT2D eigenvalue weighted by atomic mass is 16.5. The number of hydrogen-bond acceptors (Lipinski definition) is 4. The van der Waals surface area contributed by atoms with Crippen molar-refractivity contribution in [3.63, 3.8) is 0 Å². The molecule has 0 unspecified atom stereocenters. The Kier molecular flexibility index (Phi) is 3.94. The van der Waals surface area contributed by atoms with E-state index in [0.29, 0.717) is 6.54 Å². The lowest BCUT2D eigenvalue weighted by atomic mass is 10.3. The molecule has 0 aromatic heterocycles. The van der Waals surface area contributed by atoms with Gasteiger partial charge in [-0.15, -0.1) is 0 Å². The highest BCUT2D eigenvalue weighted by molar-refractivity contribution is 4.84. The molecular formula is C8H18N2O2. The summed E-state index contributed by atoms with van der Waals surface area (Å²) in [5.74, 6) is 0. The summed E-state index contributed by atoms with van der Waals surface area (Å²) in [6.07, 6.45) is 0.652. The van der Waals surface area contributed by atoms with Crippen molar-refractivity contribution in [2.24, 2.45) is 5.73 Å². The summed E-state index contributed by atoms with van der Waals surface area (Å²) in [6.45, 7) is 3.23. The van der Waals surface area contributed by atoms with Gasteiger partial charge in [-0.1, -0.05) is 0 Å². The lowest BCUT2D eigenvalue weighted by molar-refractivity contribution is 0.0215. The van der Waals surface area contributed by atoms with E-state index in [0.717, 1.165) is 26.1 Å². The Bertz CT molecular complexity index is 132. The van der Waals surface area contributed by atoms with E-state index in [1.165, 1.54) is 0 Å². The van der Waals surface area contributed by atoms with Crippen molar-refractivity contribution in [3.05, 3.63) is 0 Å². The molecule has 12 heavy (non-hydrogen) atoms. The molecule has 0 amide bonds. The highest BCUT2D eigenvalue weighted by Crippen LogP contribution is 2.12. The molecule has 4 nitrogen and oxygen atoms in total. The fourth-order valence-electron chi connectivity index (χ4n) is 1.56. The van der Waals surface area contributed by atoms with E-state index in [2.05, 4.69) is 4.90 Å². The van der Waals surface area contributed by atoms with Gasteiger partial charge in [0.1, 0.15) is 0 Å². The first-order valence-electron chi connectivity index (χ1n) is 4.41. The molecular weight excluding hydrogens is 156 g/mol. The molecule has 4 heteroatoms. The number of methoxy groups -OCH3 is 1. The van der Waals surface area contributed by atoms with Crippen LogP contribution < -0.4 is 5.73 Å². The van der Waals surface area contributed by atoms with Gasteiger partial charge in [-0.05, 0) is 19.5 Å². The van der Waals surface area contributed by atoms with E-state index in [-0.39, 0.29) is 12.2 Å². The minimum absolute atomic E-state index is 0.0113. The van der Waals surface area contributed by atoms with Crippen molar-refractivity contribution in [2.45, 2.75) is 18.6 Å². The van der Waals surface area contributed by atoms with Crippen LogP contribution in [0.15, 0.2) is 0 Å². The van der Waals surface area contributed by atoms with Crippen molar-refractivity contribution >= 4 is 0 Å². The van der Waals surface area contributed by atoms with Gasteiger partial charge >= 0.3 is 0 Å². The molecule has 0 spiro atoms. The average molecular weight is 174 g/mol. The maximum absolute atomic E-state index is 9.46. The molecule has 1 rings (SSSR count). The summed E-state index contributed by atoms with van der Waals surface area (Å²) in [4.78, 5) is 2.19. The lowest BCUT2D eigenvalue weighted by Gasteiger charge is -2.13. The van der Waals surface area contributed by atoms with Gasteiger partial charge < -0.3 is 15.6 Å². The zero-order valence-electron chi connectivity index (χ0n) is 7.57. The molecule has 0 radical (unpaired) electrons. The quantitative estimate of drug-likeness (QED) is 0.575. The van der Waals surface area contributed by atoms with Crippen molar-refractivity contribution in [1.29, 1.82) is 0 Å². The maximum Gasteiger partial charge on any atom is 0.0969 e. The largest absolute Gasteiger partial charge is 0.389 e. The molecule has 0 aromatic carbocycles.